The van der Waals surface area contributed by atoms with Crippen molar-refractivity contribution in [1.29, 1.82) is 0 Å². The van der Waals surface area contributed by atoms with Crippen molar-refractivity contribution in [3.63, 3.8) is 0 Å². The van der Waals surface area contributed by atoms with Crippen molar-refractivity contribution >= 4 is 28.7 Å². The Kier molecular flexibility index (Phi) is 4.90. The molecule has 0 saturated carbocycles. The second-order valence-electron chi connectivity index (χ2n) is 6.22. The molecule has 1 saturated heterocycles. The number of aryl methyl sites for hydroxylation is 2. The summed E-state index contributed by atoms with van der Waals surface area (Å²) < 4.78 is 0. The van der Waals surface area contributed by atoms with Crippen molar-refractivity contribution in [3.8, 4) is 5.75 Å². The quantitative estimate of drug-likeness (QED) is 0.818. The van der Waals surface area contributed by atoms with Crippen LogP contribution in [-0.2, 0) is 0 Å². The zero-order valence-corrected chi connectivity index (χ0v) is 14.9. The molecular weight excluding hydrogens is 318 g/mol. The first-order valence-electron chi connectivity index (χ1n) is 8.20. The number of thiocarbonyl (C=S) groups is 1. The van der Waals surface area contributed by atoms with E-state index in [-0.39, 0.29) is 0 Å². The Labute approximate surface area is 148 Å². The molecule has 1 heterocycles. The molecule has 0 bridgehead atoms. The maximum atomic E-state index is 9.62. The van der Waals surface area contributed by atoms with Crippen LogP contribution in [0, 0.1) is 13.8 Å². The minimum absolute atomic E-state index is 0.307. The van der Waals surface area contributed by atoms with E-state index in [9.17, 15) is 5.11 Å². The number of nitrogens with one attached hydrogen (secondary N) is 1. The Balaban J connectivity index is 1.58. The molecule has 0 atom stereocenters. The zero-order valence-electron chi connectivity index (χ0n) is 14.1. The SMILES string of the molecule is Cc1ccc(NC(=S)N2CCN(c3cccc(O)c3)CC2)cc1C. The molecule has 0 radical (unpaired) electrons. The average Bonchev–Trinajstić information content (AvgIpc) is 2.58. The molecule has 0 unspecified atom stereocenters. The fourth-order valence-electron chi connectivity index (χ4n) is 2.88. The Morgan fingerprint density at radius 2 is 1.75 bits per heavy atom. The third kappa shape index (κ3) is 3.79. The van der Waals surface area contributed by atoms with E-state index in [1.807, 2.05) is 12.1 Å². The van der Waals surface area contributed by atoms with Crippen molar-refractivity contribution in [3.05, 3.63) is 53.6 Å². The summed E-state index contributed by atoms with van der Waals surface area (Å²) in [4.78, 5) is 4.47. The molecule has 0 amide bonds. The van der Waals surface area contributed by atoms with Crippen molar-refractivity contribution in [1.82, 2.24) is 4.90 Å². The molecule has 5 heteroatoms. The molecule has 24 heavy (non-hydrogen) atoms. The van der Waals surface area contributed by atoms with Gasteiger partial charge in [0.15, 0.2) is 5.11 Å². The number of benzene rings is 2. The predicted molar refractivity (Wildman–Crippen MR) is 104 cm³/mol. The van der Waals surface area contributed by atoms with Crippen LogP contribution in [0.2, 0.25) is 0 Å². The summed E-state index contributed by atoms with van der Waals surface area (Å²) in [6.45, 7) is 7.73. The van der Waals surface area contributed by atoms with E-state index >= 15 is 0 Å². The molecule has 0 aliphatic carbocycles. The maximum Gasteiger partial charge on any atom is 0.173 e. The van der Waals surface area contributed by atoms with Crippen LogP contribution in [0.3, 0.4) is 0 Å². The topological polar surface area (TPSA) is 38.7 Å². The molecule has 2 aromatic carbocycles. The van der Waals surface area contributed by atoms with Gasteiger partial charge in [-0.25, -0.2) is 0 Å². The van der Waals surface area contributed by atoms with Gasteiger partial charge in [0.05, 0.1) is 0 Å². The van der Waals surface area contributed by atoms with Crippen LogP contribution in [0.4, 0.5) is 11.4 Å². The van der Waals surface area contributed by atoms with Gasteiger partial charge in [-0.15, -0.1) is 0 Å². The largest absolute Gasteiger partial charge is 0.508 e. The van der Waals surface area contributed by atoms with Crippen LogP contribution in [0.5, 0.6) is 5.75 Å². The van der Waals surface area contributed by atoms with E-state index < -0.39 is 0 Å². The average molecular weight is 341 g/mol. The summed E-state index contributed by atoms with van der Waals surface area (Å²) in [5.41, 5.74) is 4.64. The first-order chi connectivity index (χ1) is 11.5. The van der Waals surface area contributed by atoms with Crippen LogP contribution in [0.25, 0.3) is 0 Å². The van der Waals surface area contributed by atoms with Crippen molar-refractivity contribution in [2.24, 2.45) is 0 Å². The van der Waals surface area contributed by atoms with Crippen molar-refractivity contribution in [2.45, 2.75) is 13.8 Å². The van der Waals surface area contributed by atoms with Crippen molar-refractivity contribution < 1.29 is 5.11 Å². The van der Waals surface area contributed by atoms with Gasteiger partial charge in [0, 0.05) is 43.6 Å². The fraction of sp³-hybridized carbons (Fsp3) is 0.316. The van der Waals surface area contributed by atoms with Gasteiger partial charge in [0.2, 0.25) is 0 Å². The number of phenolic OH excluding ortho intramolecular Hbond substituents is 1. The van der Waals surface area contributed by atoms with Gasteiger partial charge in [0.1, 0.15) is 5.75 Å². The normalized spacial score (nSPS) is 14.6. The molecular formula is C19H23N3OS. The molecule has 1 aliphatic heterocycles. The van der Waals surface area contributed by atoms with E-state index in [0.29, 0.717) is 5.75 Å². The summed E-state index contributed by atoms with van der Waals surface area (Å²) in [7, 11) is 0. The van der Waals surface area contributed by atoms with Gasteiger partial charge in [-0.3, -0.25) is 0 Å². The summed E-state index contributed by atoms with van der Waals surface area (Å²) >= 11 is 5.56. The smallest absolute Gasteiger partial charge is 0.173 e. The van der Waals surface area contributed by atoms with E-state index in [0.717, 1.165) is 42.7 Å². The van der Waals surface area contributed by atoms with Gasteiger partial charge < -0.3 is 20.2 Å². The number of nitrogens with zero attached hydrogens (tertiary/aromatic N) is 2. The summed E-state index contributed by atoms with van der Waals surface area (Å²) in [5, 5.41) is 13.7. The third-order valence-corrected chi connectivity index (χ3v) is 4.88. The molecule has 2 aromatic rings. The van der Waals surface area contributed by atoms with E-state index in [4.69, 9.17) is 12.2 Å². The minimum atomic E-state index is 0.307. The number of rotatable bonds is 2. The molecule has 0 spiro atoms. The van der Waals surface area contributed by atoms with Crippen LogP contribution in [-0.4, -0.2) is 41.3 Å². The first-order valence-corrected chi connectivity index (χ1v) is 8.61. The number of hydrogen-bond donors (Lipinski definition) is 2. The highest BCUT2D eigenvalue weighted by Gasteiger charge is 2.19. The third-order valence-electron chi connectivity index (χ3n) is 4.52. The Morgan fingerprint density at radius 1 is 1.00 bits per heavy atom. The van der Waals surface area contributed by atoms with E-state index in [2.05, 4.69) is 47.2 Å². The summed E-state index contributed by atoms with van der Waals surface area (Å²) in [6.07, 6.45) is 0. The molecule has 3 rings (SSSR count). The number of phenols is 1. The highest BCUT2D eigenvalue weighted by Crippen LogP contribution is 2.21. The first kappa shape index (κ1) is 16.6. The van der Waals surface area contributed by atoms with Crippen LogP contribution < -0.4 is 10.2 Å². The highest BCUT2D eigenvalue weighted by molar-refractivity contribution is 7.80. The van der Waals surface area contributed by atoms with Gasteiger partial charge in [-0.1, -0.05) is 12.1 Å². The molecule has 4 nitrogen and oxygen atoms in total. The maximum absolute atomic E-state index is 9.62. The molecule has 126 valence electrons. The van der Waals surface area contributed by atoms with Gasteiger partial charge >= 0.3 is 0 Å². The molecule has 1 aliphatic rings. The lowest BCUT2D eigenvalue weighted by atomic mass is 10.1. The summed E-state index contributed by atoms with van der Waals surface area (Å²) in [5.74, 6) is 0.307. The minimum Gasteiger partial charge on any atom is -0.508 e. The summed E-state index contributed by atoms with van der Waals surface area (Å²) in [6, 6.07) is 13.7. The Hall–Kier alpha value is -2.27. The molecule has 1 fully saturated rings. The second-order valence-corrected chi connectivity index (χ2v) is 6.61. The fourth-order valence-corrected chi connectivity index (χ4v) is 3.18. The van der Waals surface area contributed by atoms with Gasteiger partial charge in [-0.2, -0.15) is 0 Å². The van der Waals surface area contributed by atoms with Gasteiger partial charge in [0.25, 0.3) is 0 Å². The zero-order chi connectivity index (χ0) is 17.1. The number of piperazine rings is 1. The highest BCUT2D eigenvalue weighted by atomic mass is 32.1. The number of aromatic hydroxyl groups is 1. The standard InChI is InChI=1S/C19H23N3OS/c1-14-6-7-16(12-15(14)2)20-19(24)22-10-8-21(9-11-22)17-4-3-5-18(23)13-17/h3-7,12-13,23H,8-11H2,1-2H3,(H,20,24). The van der Waals surface area contributed by atoms with E-state index in [1.54, 1.807) is 12.1 Å². The number of anilines is 2. The van der Waals surface area contributed by atoms with Crippen molar-refractivity contribution in [2.75, 3.05) is 36.4 Å². The Morgan fingerprint density at radius 3 is 2.42 bits per heavy atom. The lowest BCUT2D eigenvalue weighted by Gasteiger charge is -2.37. The van der Waals surface area contributed by atoms with Crippen LogP contribution in [0.15, 0.2) is 42.5 Å². The lowest BCUT2D eigenvalue weighted by Crippen LogP contribution is -2.50. The van der Waals surface area contributed by atoms with E-state index in [1.165, 1.54) is 11.1 Å². The molecule has 2 N–H and O–H groups in total. The molecule has 0 aromatic heterocycles. The second kappa shape index (κ2) is 7.09. The van der Waals surface area contributed by atoms with Crippen LogP contribution in [0.1, 0.15) is 11.1 Å². The van der Waals surface area contributed by atoms with Crippen LogP contribution >= 0.6 is 12.2 Å². The lowest BCUT2D eigenvalue weighted by molar-refractivity contribution is 0.390. The Bertz CT molecular complexity index is 739. The number of hydrogen-bond acceptors (Lipinski definition) is 3. The predicted octanol–water partition coefficient (Wildman–Crippen LogP) is 3.53. The van der Waals surface area contributed by atoms with Gasteiger partial charge in [-0.05, 0) is 61.5 Å². The monoisotopic (exact) mass is 341 g/mol.